The Morgan fingerprint density at radius 2 is 1.95 bits per heavy atom. The molecule has 0 spiro atoms. The Morgan fingerprint density at radius 1 is 1.32 bits per heavy atom. The lowest BCUT2D eigenvalue weighted by Gasteiger charge is -2.41. The van der Waals surface area contributed by atoms with E-state index in [9.17, 15) is 4.79 Å². The van der Waals surface area contributed by atoms with Crippen molar-refractivity contribution in [3.8, 4) is 0 Å². The molecule has 0 radical (unpaired) electrons. The van der Waals surface area contributed by atoms with Gasteiger partial charge in [0.2, 0.25) is 5.91 Å². The van der Waals surface area contributed by atoms with Gasteiger partial charge in [-0.2, -0.15) is 0 Å². The van der Waals surface area contributed by atoms with Gasteiger partial charge < -0.3 is 5.32 Å². The normalized spacial score (nSPS) is 36.7. The highest BCUT2D eigenvalue weighted by Crippen LogP contribution is 2.35. The van der Waals surface area contributed by atoms with E-state index < -0.39 is 0 Å². The van der Waals surface area contributed by atoms with Crippen LogP contribution >= 0.6 is 0 Å². The summed E-state index contributed by atoms with van der Waals surface area (Å²) in [6.45, 7) is 10.5. The topological polar surface area (TPSA) is 44.4 Å². The highest BCUT2D eigenvalue weighted by Gasteiger charge is 2.45. The number of hydrogen-bond acceptors (Lipinski definition) is 3. The number of piperidine rings is 1. The van der Waals surface area contributed by atoms with Crippen molar-refractivity contribution in [2.24, 2.45) is 11.3 Å². The van der Waals surface area contributed by atoms with Gasteiger partial charge in [-0.25, -0.2) is 5.01 Å². The highest BCUT2D eigenvalue weighted by molar-refractivity contribution is 5.83. The van der Waals surface area contributed by atoms with E-state index in [1.54, 1.807) is 0 Å². The SMILES string of the molecule is CC1CCCC(C)N1NC(=O)C1(C(C)C)CCNC1. The lowest BCUT2D eigenvalue weighted by atomic mass is 9.76. The predicted octanol–water partition coefficient (Wildman–Crippen LogP) is 1.92. The number of rotatable bonds is 3. The molecule has 19 heavy (non-hydrogen) atoms. The van der Waals surface area contributed by atoms with E-state index in [0.29, 0.717) is 18.0 Å². The van der Waals surface area contributed by atoms with Gasteiger partial charge >= 0.3 is 0 Å². The van der Waals surface area contributed by atoms with Crippen LogP contribution in [0.2, 0.25) is 0 Å². The maximum absolute atomic E-state index is 12.8. The second kappa shape index (κ2) is 5.80. The zero-order chi connectivity index (χ0) is 14.0. The maximum Gasteiger partial charge on any atom is 0.242 e. The van der Waals surface area contributed by atoms with Gasteiger partial charge in [-0.05, 0) is 45.6 Å². The third kappa shape index (κ3) is 2.79. The molecule has 2 saturated heterocycles. The monoisotopic (exact) mass is 267 g/mol. The molecule has 2 fully saturated rings. The van der Waals surface area contributed by atoms with Crippen molar-refractivity contribution >= 4 is 5.91 Å². The first kappa shape index (κ1) is 14.8. The quantitative estimate of drug-likeness (QED) is 0.821. The van der Waals surface area contributed by atoms with Crippen LogP contribution in [0.25, 0.3) is 0 Å². The van der Waals surface area contributed by atoms with Gasteiger partial charge in [0.05, 0.1) is 5.41 Å². The number of hydrogen-bond donors (Lipinski definition) is 2. The minimum absolute atomic E-state index is 0.216. The second-order valence-corrected chi connectivity index (χ2v) is 6.71. The molecule has 2 aliphatic heterocycles. The summed E-state index contributed by atoms with van der Waals surface area (Å²) in [5.74, 6) is 0.589. The van der Waals surface area contributed by atoms with Gasteiger partial charge in [0.15, 0.2) is 0 Å². The van der Waals surface area contributed by atoms with Gasteiger partial charge in [-0.15, -0.1) is 0 Å². The zero-order valence-electron chi connectivity index (χ0n) is 12.8. The van der Waals surface area contributed by atoms with Crippen LogP contribution in [0.4, 0.5) is 0 Å². The van der Waals surface area contributed by atoms with E-state index in [0.717, 1.165) is 19.5 Å². The van der Waals surface area contributed by atoms with Gasteiger partial charge in [0.1, 0.15) is 0 Å². The average molecular weight is 267 g/mol. The van der Waals surface area contributed by atoms with E-state index >= 15 is 0 Å². The Hall–Kier alpha value is -0.610. The molecule has 0 saturated carbocycles. The fraction of sp³-hybridized carbons (Fsp3) is 0.933. The van der Waals surface area contributed by atoms with E-state index in [-0.39, 0.29) is 11.3 Å². The van der Waals surface area contributed by atoms with Crippen LogP contribution in [0.3, 0.4) is 0 Å². The molecule has 4 heteroatoms. The Morgan fingerprint density at radius 3 is 2.42 bits per heavy atom. The summed E-state index contributed by atoms with van der Waals surface area (Å²) < 4.78 is 0. The molecule has 3 atom stereocenters. The molecule has 2 heterocycles. The summed E-state index contributed by atoms with van der Waals surface area (Å²) in [7, 11) is 0. The molecular formula is C15H29N3O. The minimum Gasteiger partial charge on any atom is -0.316 e. The number of hydrazine groups is 1. The fourth-order valence-electron chi connectivity index (χ4n) is 3.53. The van der Waals surface area contributed by atoms with Crippen molar-refractivity contribution in [3.63, 3.8) is 0 Å². The molecule has 1 amide bonds. The zero-order valence-corrected chi connectivity index (χ0v) is 12.8. The Kier molecular flexibility index (Phi) is 4.51. The standard InChI is InChI=1S/C15H29N3O/c1-11(2)15(8-9-16-10-15)14(19)17-18-12(3)6-5-7-13(18)4/h11-13,16H,5-10H2,1-4H3,(H,17,19). The molecule has 0 aromatic carbocycles. The molecule has 2 rings (SSSR count). The van der Waals surface area contributed by atoms with Crippen molar-refractivity contribution in [2.75, 3.05) is 13.1 Å². The summed E-state index contributed by atoms with van der Waals surface area (Å²) >= 11 is 0. The molecule has 2 N–H and O–H groups in total. The number of carbonyl (C=O) groups excluding carboxylic acids is 1. The van der Waals surface area contributed by atoms with Crippen molar-refractivity contribution in [1.82, 2.24) is 15.8 Å². The molecule has 3 unspecified atom stereocenters. The minimum atomic E-state index is -0.225. The molecule has 0 bridgehead atoms. The Bertz CT molecular complexity index is 313. The van der Waals surface area contributed by atoms with E-state index in [1.807, 2.05) is 0 Å². The van der Waals surface area contributed by atoms with Gasteiger partial charge in [0.25, 0.3) is 0 Å². The van der Waals surface area contributed by atoms with Crippen LogP contribution in [0.15, 0.2) is 0 Å². The lowest BCUT2D eigenvalue weighted by Crippen LogP contribution is -2.58. The summed E-state index contributed by atoms with van der Waals surface area (Å²) in [4.78, 5) is 12.8. The second-order valence-electron chi connectivity index (χ2n) is 6.71. The third-order valence-corrected chi connectivity index (χ3v) is 5.17. The van der Waals surface area contributed by atoms with E-state index in [4.69, 9.17) is 0 Å². The third-order valence-electron chi connectivity index (χ3n) is 5.17. The average Bonchev–Trinajstić information content (AvgIpc) is 2.84. The summed E-state index contributed by atoms with van der Waals surface area (Å²) in [5.41, 5.74) is 3.01. The van der Waals surface area contributed by atoms with Crippen molar-refractivity contribution in [2.45, 2.75) is 65.5 Å². The van der Waals surface area contributed by atoms with Crippen molar-refractivity contribution in [1.29, 1.82) is 0 Å². The van der Waals surface area contributed by atoms with Crippen LogP contribution in [0.1, 0.15) is 53.4 Å². The first-order valence-electron chi connectivity index (χ1n) is 7.77. The lowest BCUT2D eigenvalue weighted by molar-refractivity contribution is -0.141. The summed E-state index contributed by atoms with van der Waals surface area (Å²) in [6, 6.07) is 0.901. The number of amides is 1. The number of nitrogens with one attached hydrogen (secondary N) is 2. The summed E-state index contributed by atoms with van der Waals surface area (Å²) in [5, 5.41) is 5.54. The first-order valence-corrected chi connectivity index (χ1v) is 7.77. The van der Waals surface area contributed by atoms with Crippen LogP contribution < -0.4 is 10.7 Å². The van der Waals surface area contributed by atoms with E-state index in [2.05, 4.69) is 43.4 Å². The smallest absolute Gasteiger partial charge is 0.242 e. The Labute approximate surface area is 117 Å². The van der Waals surface area contributed by atoms with Crippen molar-refractivity contribution in [3.05, 3.63) is 0 Å². The van der Waals surface area contributed by atoms with Crippen LogP contribution in [0, 0.1) is 11.3 Å². The largest absolute Gasteiger partial charge is 0.316 e. The fourth-order valence-corrected chi connectivity index (χ4v) is 3.53. The van der Waals surface area contributed by atoms with Crippen LogP contribution in [-0.4, -0.2) is 36.1 Å². The molecule has 2 aliphatic rings. The Balaban J connectivity index is 2.06. The molecule has 0 aromatic rings. The first-order chi connectivity index (χ1) is 8.97. The summed E-state index contributed by atoms with van der Waals surface area (Å²) in [6.07, 6.45) is 4.58. The molecular weight excluding hydrogens is 238 g/mol. The van der Waals surface area contributed by atoms with Gasteiger partial charge in [0, 0.05) is 18.6 Å². The molecule has 4 nitrogen and oxygen atoms in total. The van der Waals surface area contributed by atoms with Crippen molar-refractivity contribution < 1.29 is 4.79 Å². The number of carbonyl (C=O) groups is 1. The van der Waals surface area contributed by atoms with Crippen LogP contribution in [-0.2, 0) is 4.79 Å². The predicted molar refractivity (Wildman–Crippen MR) is 77.5 cm³/mol. The van der Waals surface area contributed by atoms with Gasteiger partial charge in [-0.3, -0.25) is 10.2 Å². The number of nitrogens with zero attached hydrogens (tertiary/aromatic N) is 1. The van der Waals surface area contributed by atoms with Crippen LogP contribution in [0.5, 0.6) is 0 Å². The maximum atomic E-state index is 12.8. The van der Waals surface area contributed by atoms with E-state index in [1.165, 1.54) is 19.3 Å². The van der Waals surface area contributed by atoms with Gasteiger partial charge in [-0.1, -0.05) is 20.3 Å². The highest BCUT2D eigenvalue weighted by atomic mass is 16.2. The molecule has 0 aromatic heterocycles. The molecule has 0 aliphatic carbocycles. The molecule has 110 valence electrons.